The number of azide groups is 1. The Kier molecular flexibility index (Phi) is 3.59. The highest BCUT2D eigenvalue weighted by atomic mass is 16.3. The summed E-state index contributed by atoms with van der Waals surface area (Å²) in [7, 11) is 0. The van der Waals surface area contributed by atoms with Gasteiger partial charge in [-0.05, 0) is 12.5 Å². The van der Waals surface area contributed by atoms with E-state index in [9.17, 15) is 14.7 Å². The lowest BCUT2D eigenvalue weighted by Crippen LogP contribution is -2.44. The Bertz CT molecular complexity index is 629. The van der Waals surface area contributed by atoms with Crippen molar-refractivity contribution >= 4 is 0 Å². The zero-order valence-corrected chi connectivity index (χ0v) is 10.4. The first-order chi connectivity index (χ1) is 9.06. The minimum Gasteiger partial charge on any atom is -0.396 e. The summed E-state index contributed by atoms with van der Waals surface area (Å²) in [6, 6.07) is -0.394. The zero-order valence-electron chi connectivity index (χ0n) is 10.4. The molecule has 0 spiro atoms. The van der Waals surface area contributed by atoms with Gasteiger partial charge in [-0.2, -0.15) is 0 Å². The van der Waals surface area contributed by atoms with Gasteiger partial charge in [-0.25, -0.2) is 9.47 Å². The summed E-state index contributed by atoms with van der Waals surface area (Å²) in [4.78, 5) is 28.0. The van der Waals surface area contributed by atoms with Crippen LogP contribution in [0.2, 0.25) is 0 Å². The summed E-state index contributed by atoms with van der Waals surface area (Å²) in [5.74, 6) is -0.227. The average molecular weight is 266 g/mol. The Morgan fingerprint density at radius 2 is 2.32 bits per heavy atom. The first-order valence-electron chi connectivity index (χ1n) is 5.79. The van der Waals surface area contributed by atoms with Crippen LogP contribution in [0.15, 0.2) is 20.9 Å². The van der Waals surface area contributed by atoms with Gasteiger partial charge in [0.25, 0.3) is 5.56 Å². The molecule has 1 fully saturated rings. The molecule has 0 unspecified atom stereocenters. The van der Waals surface area contributed by atoms with Crippen LogP contribution in [0.4, 0.5) is 0 Å². The van der Waals surface area contributed by atoms with Crippen LogP contribution in [-0.2, 0) is 0 Å². The van der Waals surface area contributed by atoms with E-state index in [2.05, 4.69) is 15.0 Å². The number of aromatic nitrogens is 2. The predicted molar refractivity (Wildman–Crippen MR) is 67.5 cm³/mol. The zero-order chi connectivity index (χ0) is 14.0. The van der Waals surface area contributed by atoms with E-state index in [0.29, 0.717) is 18.7 Å². The molecule has 1 aromatic rings. The maximum absolute atomic E-state index is 11.7. The van der Waals surface area contributed by atoms with Crippen LogP contribution in [-0.4, -0.2) is 40.5 Å². The number of aromatic amines is 1. The number of hydrogen-bond acceptors (Lipinski definition) is 5. The molecule has 0 radical (unpaired) electrons. The SMILES string of the molecule is Cc1cn(N2C[C@H](CO)[C@@H](N=[N+]=[N-])C2)c(=O)[nH]c1=O. The van der Waals surface area contributed by atoms with E-state index >= 15 is 0 Å². The molecule has 0 amide bonds. The third-order valence-corrected chi connectivity index (χ3v) is 3.23. The Labute approximate surface area is 107 Å². The summed E-state index contributed by atoms with van der Waals surface area (Å²) in [5.41, 5.74) is 7.91. The number of rotatable bonds is 3. The highest BCUT2D eigenvalue weighted by Crippen LogP contribution is 2.18. The standard InChI is InChI=1S/C10H14N6O3/c1-6-2-16(10(19)12-9(6)18)15-3-7(5-17)8(4-15)13-14-11/h2,7-8,17H,3-5H2,1H3,(H,12,18,19)/t7-,8+/m1/s1. The topological polar surface area (TPSA) is 127 Å². The molecule has 1 aliphatic rings. The van der Waals surface area contributed by atoms with Crippen LogP contribution in [0, 0.1) is 12.8 Å². The Hall–Kier alpha value is -2.25. The van der Waals surface area contributed by atoms with Crippen LogP contribution in [0.5, 0.6) is 0 Å². The lowest BCUT2D eigenvalue weighted by atomic mass is 10.1. The van der Waals surface area contributed by atoms with Crippen LogP contribution in [0.1, 0.15) is 5.56 Å². The molecule has 102 valence electrons. The van der Waals surface area contributed by atoms with Gasteiger partial charge >= 0.3 is 5.69 Å². The largest absolute Gasteiger partial charge is 0.396 e. The predicted octanol–water partition coefficient (Wildman–Crippen LogP) is -0.916. The molecule has 1 aromatic heterocycles. The molecule has 9 nitrogen and oxygen atoms in total. The third-order valence-electron chi connectivity index (χ3n) is 3.23. The van der Waals surface area contributed by atoms with E-state index in [0.717, 1.165) is 0 Å². The monoisotopic (exact) mass is 266 g/mol. The molecule has 1 saturated heterocycles. The maximum atomic E-state index is 11.7. The van der Waals surface area contributed by atoms with Crippen LogP contribution >= 0.6 is 0 Å². The van der Waals surface area contributed by atoms with Crippen molar-refractivity contribution in [2.24, 2.45) is 11.0 Å². The summed E-state index contributed by atoms with van der Waals surface area (Å²) in [6.45, 7) is 2.17. The number of aryl methyl sites for hydroxylation is 1. The molecule has 2 atom stereocenters. The fourth-order valence-corrected chi connectivity index (χ4v) is 2.15. The molecule has 0 bridgehead atoms. The maximum Gasteiger partial charge on any atom is 0.347 e. The van der Waals surface area contributed by atoms with Crippen molar-refractivity contribution in [2.45, 2.75) is 13.0 Å². The molecule has 9 heteroatoms. The lowest BCUT2D eigenvalue weighted by Gasteiger charge is -2.20. The molecule has 19 heavy (non-hydrogen) atoms. The van der Waals surface area contributed by atoms with Crippen molar-refractivity contribution in [1.29, 1.82) is 0 Å². The Morgan fingerprint density at radius 1 is 1.58 bits per heavy atom. The number of aliphatic hydroxyl groups excluding tert-OH is 1. The molecule has 1 aliphatic heterocycles. The van der Waals surface area contributed by atoms with E-state index < -0.39 is 17.3 Å². The van der Waals surface area contributed by atoms with Crippen LogP contribution < -0.4 is 16.3 Å². The summed E-state index contributed by atoms with van der Waals surface area (Å²) < 4.78 is 1.28. The van der Waals surface area contributed by atoms with E-state index in [1.54, 1.807) is 11.9 Å². The Balaban J connectivity index is 2.34. The number of H-pyrrole nitrogens is 1. The summed E-state index contributed by atoms with van der Waals surface area (Å²) in [5, 5.41) is 14.5. The molecule has 0 saturated carbocycles. The minimum absolute atomic E-state index is 0.128. The van der Waals surface area contributed by atoms with Crippen molar-refractivity contribution in [3.8, 4) is 0 Å². The lowest BCUT2D eigenvalue weighted by molar-refractivity contribution is 0.227. The van der Waals surface area contributed by atoms with E-state index in [4.69, 9.17) is 5.53 Å². The van der Waals surface area contributed by atoms with Gasteiger partial charge in [0, 0.05) is 42.3 Å². The fraction of sp³-hybridized carbons (Fsp3) is 0.600. The molecule has 2 heterocycles. The number of hydrogen-bond donors (Lipinski definition) is 2. The van der Waals surface area contributed by atoms with E-state index in [1.165, 1.54) is 10.9 Å². The molecule has 2 N–H and O–H groups in total. The normalized spacial score (nSPS) is 22.3. The van der Waals surface area contributed by atoms with E-state index in [-0.39, 0.29) is 12.5 Å². The second-order valence-corrected chi connectivity index (χ2v) is 4.50. The number of nitrogens with one attached hydrogen (secondary N) is 1. The minimum atomic E-state index is -0.547. The molecular formula is C10H14N6O3. The van der Waals surface area contributed by atoms with Gasteiger partial charge in [0.1, 0.15) is 0 Å². The van der Waals surface area contributed by atoms with Crippen molar-refractivity contribution in [1.82, 2.24) is 9.66 Å². The van der Waals surface area contributed by atoms with E-state index in [1.807, 2.05) is 0 Å². The first-order valence-corrected chi connectivity index (χ1v) is 5.79. The second-order valence-electron chi connectivity index (χ2n) is 4.50. The highest BCUT2D eigenvalue weighted by molar-refractivity contribution is 5.08. The van der Waals surface area contributed by atoms with Crippen molar-refractivity contribution in [3.05, 3.63) is 43.0 Å². The Morgan fingerprint density at radius 3 is 2.95 bits per heavy atom. The third kappa shape index (κ3) is 2.47. The van der Waals surface area contributed by atoms with Gasteiger partial charge in [0.15, 0.2) is 0 Å². The smallest absolute Gasteiger partial charge is 0.347 e. The van der Waals surface area contributed by atoms with Gasteiger partial charge in [0.05, 0.1) is 6.04 Å². The van der Waals surface area contributed by atoms with Gasteiger partial charge in [0.2, 0.25) is 0 Å². The van der Waals surface area contributed by atoms with Crippen LogP contribution in [0.3, 0.4) is 0 Å². The van der Waals surface area contributed by atoms with Crippen molar-refractivity contribution in [2.75, 3.05) is 24.7 Å². The fourth-order valence-electron chi connectivity index (χ4n) is 2.15. The molecule has 0 aliphatic carbocycles. The van der Waals surface area contributed by atoms with Crippen LogP contribution in [0.25, 0.3) is 10.4 Å². The van der Waals surface area contributed by atoms with Gasteiger partial charge in [-0.15, -0.1) is 0 Å². The van der Waals surface area contributed by atoms with Crippen molar-refractivity contribution in [3.63, 3.8) is 0 Å². The highest BCUT2D eigenvalue weighted by Gasteiger charge is 2.32. The second kappa shape index (κ2) is 5.17. The molecule has 0 aromatic carbocycles. The van der Waals surface area contributed by atoms with Gasteiger partial charge in [-0.3, -0.25) is 9.78 Å². The summed E-state index contributed by atoms with van der Waals surface area (Å²) in [6.07, 6.45) is 1.44. The quantitative estimate of drug-likeness (QED) is 0.416. The van der Waals surface area contributed by atoms with Gasteiger partial charge in [-0.1, -0.05) is 5.11 Å². The number of nitrogens with zero attached hydrogens (tertiary/aromatic N) is 5. The summed E-state index contributed by atoms with van der Waals surface area (Å²) >= 11 is 0. The molecular weight excluding hydrogens is 252 g/mol. The average Bonchev–Trinajstić information content (AvgIpc) is 2.77. The first kappa shape index (κ1) is 13.2. The molecule has 2 rings (SSSR count). The number of aliphatic hydroxyl groups is 1. The van der Waals surface area contributed by atoms with Crippen molar-refractivity contribution < 1.29 is 5.11 Å². The van der Waals surface area contributed by atoms with Gasteiger partial charge < -0.3 is 10.1 Å².